The monoisotopic (exact) mass is 557 g/mol. The minimum Gasteiger partial charge on any atom is -0.475 e. The first kappa shape index (κ1) is 27.9. The van der Waals surface area contributed by atoms with Gasteiger partial charge in [-0.25, -0.2) is 9.59 Å². The summed E-state index contributed by atoms with van der Waals surface area (Å²) < 4.78 is 37.7. The average Bonchev–Trinajstić information content (AvgIpc) is 3.33. The number of nitrogens with zero attached hydrogens (tertiary/aromatic N) is 3. The summed E-state index contributed by atoms with van der Waals surface area (Å²) in [7, 11) is 2.17. The molecular weight excluding hydrogens is 531 g/mol. The van der Waals surface area contributed by atoms with Crippen LogP contribution in [0.1, 0.15) is 0 Å². The molecule has 1 fully saturated rings. The zero-order chi connectivity index (χ0) is 28.0. The van der Waals surface area contributed by atoms with Gasteiger partial charge in [0.05, 0.1) is 4.70 Å². The number of nitrogens with one attached hydrogen (secondary N) is 2. The lowest BCUT2D eigenvalue weighted by atomic mass is 10.0. The van der Waals surface area contributed by atoms with E-state index in [2.05, 4.69) is 45.7 Å². The van der Waals surface area contributed by atoms with E-state index in [0.29, 0.717) is 0 Å². The molecule has 2 heterocycles. The van der Waals surface area contributed by atoms with Crippen molar-refractivity contribution in [2.24, 2.45) is 0 Å². The Labute approximate surface area is 226 Å². The molecule has 39 heavy (non-hydrogen) atoms. The lowest BCUT2D eigenvalue weighted by Crippen LogP contribution is -2.44. The van der Waals surface area contributed by atoms with E-state index < -0.39 is 12.1 Å². The van der Waals surface area contributed by atoms with Crippen molar-refractivity contribution in [1.29, 1.82) is 0 Å². The Morgan fingerprint density at radius 1 is 0.872 bits per heavy atom. The van der Waals surface area contributed by atoms with Crippen molar-refractivity contribution in [3.05, 3.63) is 72.8 Å². The predicted molar refractivity (Wildman–Crippen MR) is 148 cm³/mol. The van der Waals surface area contributed by atoms with Crippen molar-refractivity contribution in [1.82, 2.24) is 9.27 Å². The molecule has 0 radical (unpaired) electrons. The molecular formula is C27H26F3N5O3S. The van der Waals surface area contributed by atoms with Crippen molar-refractivity contribution < 1.29 is 27.9 Å². The summed E-state index contributed by atoms with van der Waals surface area (Å²) in [6.45, 7) is 4.13. The fourth-order valence-corrected chi connectivity index (χ4v) is 4.69. The summed E-state index contributed by atoms with van der Waals surface area (Å²) >= 11 is 1.56. The number of benzene rings is 3. The topological polar surface area (TPSA) is 97.8 Å². The predicted octanol–water partition coefficient (Wildman–Crippen LogP) is 5.99. The number of likely N-dealkylation sites (N-methyl/N-ethyl adjacent to an activating group) is 1. The molecule has 3 N–H and O–H groups in total. The second kappa shape index (κ2) is 12.1. The number of piperazine rings is 1. The first-order valence-electron chi connectivity index (χ1n) is 12.0. The zero-order valence-corrected chi connectivity index (χ0v) is 21.7. The third-order valence-corrected chi connectivity index (χ3v) is 6.82. The highest BCUT2D eigenvalue weighted by Gasteiger charge is 2.38. The third kappa shape index (κ3) is 7.45. The van der Waals surface area contributed by atoms with Crippen LogP contribution in [0.15, 0.2) is 72.8 Å². The van der Waals surface area contributed by atoms with E-state index in [9.17, 15) is 18.0 Å². The standard InChI is InChI=1S/C25H25N5OS.C2HF3O2/c1-29-13-15-30(16-14-29)24-22-17-19(9-12-23(22)32-28-24)18-7-10-21(11-8-18)27-25(31)26-20-5-3-2-4-6-20;3-2(4,5)1(6)7/h2-12,17H,13-16H2,1H3,(H2,26,27,31);(H,6,7). The van der Waals surface area contributed by atoms with Crippen molar-refractivity contribution in [2.45, 2.75) is 6.18 Å². The number of halogens is 3. The molecule has 1 aliphatic rings. The number of carbonyl (C=O) groups excluding carboxylic acids is 1. The summed E-state index contributed by atoms with van der Waals surface area (Å²) in [5.74, 6) is -1.66. The number of rotatable bonds is 4. The number of aliphatic carboxylic acids is 1. The van der Waals surface area contributed by atoms with Crippen molar-refractivity contribution >= 4 is 50.8 Å². The number of urea groups is 1. The van der Waals surface area contributed by atoms with Crippen LogP contribution in [0, 0.1) is 0 Å². The number of para-hydroxylation sites is 1. The van der Waals surface area contributed by atoms with Gasteiger partial charge in [0.25, 0.3) is 0 Å². The number of anilines is 3. The molecule has 4 aromatic rings. The minimum atomic E-state index is -5.08. The Hall–Kier alpha value is -4.16. The fraction of sp³-hybridized carbons (Fsp3) is 0.222. The SMILES string of the molecule is CN1CCN(c2nsc3ccc(-c4ccc(NC(=O)Nc5ccccc5)cc4)cc23)CC1.O=C(O)C(F)(F)F. The largest absolute Gasteiger partial charge is 0.490 e. The summed E-state index contributed by atoms with van der Waals surface area (Å²) in [5, 5.41) is 14.0. The molecule has 2 amide bonds. The average molecular weight is 558 g/mol. The number of carboxylic acid groups (broad SMARTS) is 1. The van der Waals surface area contributed by atoms with Gasteiger partial charge in [0, 0.05) is 42.9 Å². The summed E-state index contributed by atoms with van der Waals surface area (Å²) in [6, 6.07) is 23.6. The molecule has 1 aromatic heterocycles. The third-order valence-electron chi connectivity index (χ3n) is 6.00. The van der Waals surface area contributed by atoms with Gasteiger partial charge in [-0.05, 0) is 66.1 Å². The summed E-state index contributed by atoms with van der Waals surface area (Å²) in [5.41, 5.74) is 3.76. The van der Waals surface area contributed by atoms with E-state index in [-0.39, 0.29) is 6.03 Å². The number of carbonyl (C=O) groups is 2. The maximum atomic E-state index is 12.2. The van der Waals surface area contributed by atoms with Crippen molar-refractivity contribution in [2.75, 3.05) is 48.8 Å². The lowest BCUT2D eigenvalue weighted by Gasteiger charge is -2.32. The van der Waals surface area contributed by atoms with Crippen molar-refractivity contribution in [3.8, 4) is 11.1 Å². The molecule has 204 valence electrons. The molecule has 12 heteroatoms. The molecule has 0 saturated carbocycles. The zero-order valence-electron chi connectivity index (χ0n) is 20.9. The Bertz CT molecular complexity index is 1420. The van der Waals surface area contributed by atoms with Gasteiger partial charge in [-0.3, -0.25) is 0 Å². The number of hydrogen-bond acceptors (Lipinski definition) is 6. The van der Waals surface area contributed by atoms with Crippen LogP contribution in [0.2, 0.25) is 0 Å². The van der Waals surface area contributed by atoms with Crippen LogP contribution < -0.4 is 15.5 Å². The van der Waals surface area contributed by atoms with Gasteiger partial charge in [-0.1, -0.05) is 36.4 Å². The van der Waals surface area contributed by atoms with Crippen LogP contribution in [0.5, 0.6) is 0 Å². The van der Waals surface area contributed by atoms with E-state index in [1.54, 1.807) is 11.5 Å². The van der Waals surface area contributed by atoms with Crippen LogP contribution in [0.4, 0.5) is 35.2 Å². The first-order valence-corrected chi connectivity index (χ1v) is 12.7. The van der Waals surface area contributed by atoms with E-state index >= 15 is 0 Å². The van der Waals surface area contributed by atoms with E-state index in [0.717, 1.165) is 54.5 Å². The number of carboxylic acids is 1. The summed E-state index contributed by atoms with van der Waals surface area (Å²) in [6.07, 6.45) is -5.08. The van der Waals surface area contributed by atoms with Gasteiger partial charge in [-0.15, -0.1) is 0 Å². The van der Waals surface area contributed by atoms with Gasteiger partial charge in [0.1, 0.15) is 5.82 Å². The number of alkyl halides is 3. The Morgan fingerprint density at radius 2 is 1.44 bits per heavy atom. The van der Waals surface area contributed by atoms with Gasteiger partial charge < -0.3 is 25.5 Å². The van der Waals surface area contributed by atoms with Crippen LogP contribution >= 0.6 is 11.5 Å². The molecule has 0 unspecified atom stereocenters. The van der Waals surface area contributed by atoms with E-state index in [1.807, 2.05) is 54.6 Å². The Kier molecular flexibility index (Phi) is 8.67. The number of hydrogen-bond donors (Lipinski definition) is 3. The van der Waals surface area contributed by atoms with Gasteiger partial charge in [0.2, 0.25) is 0 Å². The van der Waals surface area contributed by atoms with Crippen LogP contribution in [0.3, 0.4) is 0 Å². The van der Waals surface area contributed by atoms with Crippen LogP contribution in [-0.2, 0) is 4.79 Å². The highest BCUT2D eigenvalue weighted by molar-refractivity contribution is 7.13. The van der Waals surface area contributed by atoms with E-state index in [1.165, 1.54) is 10.1 Å². The van der Waals surface area contributed by atoms with Crippen LogP contribution in [-0.4, -0.2) is 65.8 Å². The highest BCUT2D eigenvalue weighted by atomic mass is 32.1. The Balaban J connectivity index is 0.000000448. The number of aromatic nitrogens is 1. The maximum absolute atomic E-state index is 12.2. The van der Waals surface area contributed by atoms with E-state index in [4.69, 9.17) is 14.3 Å². The molecule has 0 spiro atoms. The van der Waals surface area contributed by atoms with Gasteiger partial charge in [0.15, 0.2) is 0 Å². The number of fused-ring (bicyclic) bond motifs is 1. The Morgan fingerprint density at radius 3 is 2.03 bits per heavy atom. The van der Waals surface area contributed by atoms with Crippen molar-refractivity contribution in [3.63, 3.8) is 0 Å². The number of amides is 2. The molecule has 0 aliphatic carbocycles. The van der Waals surface area contributed by atoms with Gasteiger partial charge >= 0.3 is 18.2 Å². The fourth-order valence-electron chi connectivity index (χ4n) is 3.91. The normalized spacial score (nSPS) is 13.9. The molecule has 1 saturated heterocycles. The molecule has 8 nitrogen and oxygen atoms in total. The van der Waals surface area contributed by atoms with Gasteiger partial charge in [-0.2, -0.15) is 17.5 Å². The second-order valence-corrected chi connectivity index (χ2v) is 9.64. The maximum Gasteiger partial charge on any atom is 0.490 e. The molecule has 0 bridgehead atoms. The smallest absolute Gasteiger partial charge is 0.475 e. The minimum absolute atomic E-state index is 0.258. The summed E-state index contributed by atoms with van der Waals surface area (Å²) in [4.78, 5) is 25.9. The molecule has 0 atom stereocenters. The van der Waals surface area contributed by atoms with Crippen LogP contribution in [0.25, 0.3) is 21.2 Å². The molecule has 3 aromatic carbocycles. The molecule has 5 rings (SSSR count). The first-order chi connectivity index (χ1) is 18.6. The lowest BCUT2D eigenvalue weighted by molar-refractivity contribution is -0.192. The molecule has 1 aliphatic heterocycles. The highest BCUT2D eigenvalue weighted by Crippen LogP contribution is 2.34. The quantitative estimate of drug-likeness (QED) is 0.285. The second-order valence-electron chi connectivity index (χ2n) is 8.83.